The summed E-state index contributed by atoms with van der Waals surface area (Å²) in [5.41, 5.74) is 0.687. The smallest absolute Gasteiger partial charge is 0.356 e. The molecule has 5 nitrogen and oxygen atoms in total. The van der Waals surface area contributed by atoms with E-state index in [4.69, 9.17) is 9.84 Å². The van der Waals surface area contributed by atoms with Crippen LogP contribution < -0.4 is 4.74 Å². The fraction of sp³-hybridized carbons (Fsp3) is 0.545. The lowest BCUT2D eigenvalue weighted by molar-refractivity contribution is -0.0247. The number of rotatable bonds is 5. The summed E-state index contributed by atoms with van der Waals surface area (Å²) in [6, 6.07) is 0. The van der Waals surface area contributed by atoms with Crippen molar-refractivity contribution in [2.24, 2.45) is 0 Å². The minimum atomic E-state index is -2.98. The standard InChI is InChI=1S/C11H14F2N2O3/c1-4-7-6(2)9(18-5-11(3,12)13)15-14-8(7)10(16)17/h4-5H2,1-3H3,(H,16,17). The molecule has 1 aromatic rings. The summed E-state index contributed by atoms with van der Waals surface area (Å²) in [5.74, 6) is -4.24. The Bertz CT molecular complexity index is 458. The molecule has 0 aromatic carbocycles. The van der Waals surface area contributed by atoms with E-state index in [1.54, 1.807) is 13.8 Å². The van der Waals surface area contributed by atoms with Crippen LogP contribution >= 0.6 is 0 Å². The molecule has 1 rings (SSSR count). The van der Waals surface area contributed by atoms with E-state index in [1.807, 2.05) is 0 Å². The third-order valence-corrected chi connectivity index (χ3v) is 2.32. The first-order valence-electron chi connectivity index (χ1n) is 5.36. The lowest BCUT2D eigenvalue weighted by atomic mass is 10.1. The summed E-state index contributed by atoms with van der Waals surface area (Å²) in [7, 11) is 0. The lowest BCUT2D eigenvalue weighted by Gasteiger charge is -2.14. The second kappa shape index (κ2) is 5.24. The lowest BCUT2D eigenvalue weighted by Crippen LogP contribution is -2.22. The number of aromatic carboxylic acids is 1. The number of carboxylic acids is 1. The van der Waals surface area contributed by atoms with Crippen molar-refractivity contribution in [2.45, 2.75) is 33.1 Å². The van der Waals surface area contributed by atoms with Crippen LogP contribution in [0.15, 0.2) is 0 Å². The minimum Gasteiger partial charge on any atom is -0.476 e. The molecule has 1 N–H and O–H groups in total. The summed E-state index contributed by atoms with van der Waals surface area (Å²) in [6.07, 6.45) is 0.405. The molecule has 0 saturated carbocycles. The Labute approximate surface area is 103 Å². The average molecular weight is 260 g/mol. The Hall–Kier alpha value is -1.79. The van der Waals surface area contributed by atoms with Crippen molar-refractivity contribution in [3.05, 3.63) is 16.8 Å². The summed E-state index contributed by atoms with van der Waals surface area (Å²) in [5, 5.41) is 15.9. The second-order valence-electron chi connectivity index (χ2n) is 3.97. The molecular formula is C11H14F2N2O3. The molecule has 18 heavy (non-hydrogen) atoms. The van der Waals surface area contributed by atoms with Crippen LogP contribution in [0.2, 0.25) is 0 Å². The van der Waals surface area contributed by atoms with Crippen LogP contribution in [-0.2, 0) is 6.42 Å². The number of hydrogen-bond donors (Lipinski definition) is 1. The molecule has 0 saturated heterocycles. The first kappa shape index (κ1) is 14.3. The highest BCUT2D eigenvalue weighted by atomic mass is 19.3. The highest BCUT2D eigenvalue weighted by Gasteiger charge is 2.24. The molecule has 0 bridgehead atoms. The molecular weight excluding hydrogens is 246 g/mol. The highest BCUT2D eigenvalue weighted by Crippen LogP contribution is 2.22. The van der Waals surface area contributed by atoms with Crippen molar-refractivity contribution >= 4 is 5.97 Å². The minimum absolute atomic E-state index is 0.0571. The van der Waals surface area contributed by atoms with Crippen molar-refractivity contribution < 1.29 is 23.4 Å². The summed E-state index contributed by atoms with van der Waals surface area (Å²) in [4.78, 5) is 10.9. The van der Waals surface area contributed by atoms with E-state index in [9.17, 15) is 13.6 Å². The normalized spacial score (nSPS) is 11.4. The molecule has 0 aliphatic rings. The van der Waals surface area contributed by atoms with E-state index in [0.717, 1.165) is 6.92 Å². The molecule has 0 fully saturated rings. The van der Waals surface area contributed by atoms with Gasteiger partial charge in [-0.25, -0.2) is 13.6 Å². The van der Waals surface area contributed by atoms with Gasteiger partial charge in [0.15, 0.2) is 12.3 Å². The van der Waals surface area contributed by atoms with Crippen LogP contribution in [0.25, 0.3) is 0 Å². The molecule has 0 amide bonds. The monoisotopic (exact) mass is 260 g/mol. The van der Waals surface area contributed by atoms with Crippen molar-refractivity contribution in [1.82, 2.24) is 10.2 Å². The maximum atomic E-state index is 12.7. The van der Waals surface area contributed by atoms with Gasteiger partial charge >= 0.3 is 5.97 Å². The van der Waals surface area contributed by atoms with E-state index in [0.29, 0.717) is 17.5 Å². The molecule has 0 atom stereocenters. The number of ether oxygens (including phenoxy) is 1. The summed E-state index contributed by atoms with van der Waals surface area (Å²) >= 11 is 0. The van der Waals surface area contributed by atoms with Gasteiger partial charge in [-0.15, -0.1) is 10.2 Å². The predicted octanol–water partition coefficient (Wildman–Crippen LogP) is 2.08. The first-order chi connectivity index (χ1) is 8.26. The maximum absolute atomic E-state index is 12.7. The zero-order chi connectivity index (χ0) is 13.9. The van der Waals surface area contributed by atoms with Gasteiger partial charge in [-0.3, -0.25) is 0 Å². The van der Waals surface area contributed by atoms with Gasteiger partial charge in [-0.1, -0.05) is 6.92 Å². The van der Waals surface area contributed by atoms with E-state index in [2.05, 4.69) is 10.2 Å². The van der Waals surface area contributed by atoms with E-state index < -0.39 is 18.5 Å². The maximum Gasteiger partial charge on any atom is 0.356 e. The van der Waals surface area contributed by atoms with E-state index in [1.165, 1.54) is 0 Å². The second-order valence-corrected chi connectivity index (χ2v) is 3.97. The molecule has 0 spiro atoms. The molecule has 0 radical (unpaired) electrons. The van der Waals surface area contributed by atoms with Crippen LogP contribution in [0.5, 0.6) is 5.88 Å². The number of halogens is 2. The van der Waals surface area contributed by atoms with Crippen LogP contribution in [-0.4, -0.2) is 33.8 Å². The van der Waals surface area contributed by atoms with Gasteiger partial charge in [-0.05, 0) is 18.9 Å². The quantitative estimate of drug-likeness (QED) is 0.877. The predicted molar refractivity (Wildman–Crippen MR) is 59.2 cm³/mol. The molecule has 1 aromatic heterocycles. The number of nitrogens with zero attached hydrogens (tertiary/aromatic N) is 2. The zero-order valence-corrected chi connectivity index (χ0v) is 10.3. The van der Waals surface area contributed by atoms with Crippen LogP contribution in [0.1, 0.15) is 35.5 Å². The van der Waals surface area contributed by atoms with E-state index >= 15 is 0 Å². The fourth-order valence-electron chi connectivity index (χ4n) is 1.47. The Morgan fingerprint density at radius 2 is 2.06 bits per heavy atom. The zero-order valence-electron chi connectivity index (χ0n) is 10.3. The third kappa shape index (κ3) is 3.35. The topological polar surface area (TPSA) is 72.3 Å². The molecule has 0 unspecified atom stereocenters. The number of carbonyl (C=O) groups is 1. The van der Waals surface area contributed by atoms with Gasteiger partial charge in [0.1, 0.15) is 0 Å². The fourth-order valence-corrected chi connectivity index (χ4v) is 1.47. The summed E-state index contributed by atoms with van der Waals surface area (Å²) < 4.78 is 30.2. The molecule has 1 heterocycles. The van der Waals surface area contributed by atoms with E-state index in [-0.39, 0.29) is 11.6 Å². The molecule has 100 valence electrons. The van der Waals surface area contributed by atoms with Crippen LogP contribution in [0, 0.1) is 6.92 Å². The van der Waals surface area contributed by atoms with Gasteiger partial charge in [0.05, 0.1) is 0 Å². The van der Waals surface area contributed by atoms with Crippen molar-refractivity contribution in [2.75, 3.05) is 6.61 Å². The number of carboxylic acid groups (broad SMARTS) is 1. The largest absolute Gasteiger partial charge is 0.476 e. The van der Waals surface area contributed by atoms with Gasteiger partial charge in [0.25, 0.3) is 5.92 Å². The van der Waals surface area contributed by atoms with Gasteiger partial charge in [-0.2, -0.15) is 0 Å². The summed E-state index contributed by atoms with van der Waals surface area (Å²) in [6.45, 7) is 3.22. The first-order valence-corrected chi connectivity index (χ1v) is 5.36. The molecule has 0 aliphatic heterocycles. The highest BCUT2D eigenvalue weighted by molar-refractivity contribution is 5.87. The van der Waals surface area contributed by atoms with Crippen molar-refractivity contribution in [1.29, 1.82) is 0 Å². The molecule has 0 aliphatic carbocycles. The Morgan fingerprint density at radius 1 is 1.44 bits per heavy atom. The Balaban J connectivity index is 3.06. The third-order valence-electron chi connectivity index (χ3n) is 2.32. The number of alkyl halides is 2. The average Bonchev–Trinajstić information content (AvgIpc) is 2.25. The number of hydrogen-bond acceptors (Lipinski definition) is 4. The van der Waals surface area contributed by atoms with Crippen molar-refractivity contribution in [3.63, 3.8) is 0 Å². The van der Waals surface area contributed by atoms with Gasteiger partial charge < -0.3 is 9.84 Å². The van der Waals surface area contributed by atoms with Gasteiger partial charge in [0, 0.05) is 12.5 Å². The molecule has 7 heteroatoms. The van der Waals surface area contributed by atoms with Crippen LogP contribution in [0.4, 0.5) is 8.78 Å². The SMILES string of the molecule is CCc1c(C(=O)O)nnc(OCC(C)(F)F)c1C. The Morgan fingerprint density at radius 3 is 2.50 bits per heavy atom. The van der Waals surface area contributed by atoms with Crippen LogP contribution in [0.3, 0.4) is 0 Å². The Kier molecular flexibility index (Phi) is 4.15. The van der Waals surface area contributed by atoms with Gasteiger partial charge in [0.2, 0.25) is 5.88 Å². The van der Waals surface area contributed by atoms with Crippen molar-refractivity contribution in [3.8, 4) is 5.88 Å². The number of aromatic nitrogens is 2.